The number of benzene rings is 1. The van der Waals surface area contributed by atoms with Crippen LogP contribution in [0.1, 0.15) is 43.5 Å². The van der Waals surface area contributed by atoms with E-state index in [1.165, 1.54) is 24.7 Å². The van der Waals surface area contributed by atoms with E-state index in [0.717, 1.165) is 12.0 Å². The number of halogens is 4. The fourth-order valence-electron chi connectivity index (χ4n) is 3.88. The molecule has 2 heterocycles. The first-order chi connectivity index (χ1) is 15.5. The first-order valence-electron chi connectivity index (χ1n) is 10.2. The van der Waals surface area contributed by atoms with Gasteiger partial charge in [-0.05, 0) is 25.5 Å². The average molecular weight is 486 g/mol. The van der Waals surface area contributed by atoms with Gasteiger partial charge in [0.05, 0.1) is 30.2 Å². The molecule has 12 heteroatoms. The molecule has 0 spiro atoms. The normalized spacial score (nSPS) is 18.0. The Labute approximate surface area is 189 Å². The Morgan fingerprint density at radius 3 is 2.70 bits per heavy atom. The molecular formula is C21H23F4N5O2S. The van der Waals surface area contributed by atoms with Crippen molar-refractivity contribution in [2.24, 2.45) is 0 Å². The summed E-state index contributed by atoms with van der Waals surface area (Å²) in [5.74, 6) is -1.04. The number of nitrogens with zero attached hydrogens (tertiary/aromatic N) is 4. The number of hydrogen-bond acceptors (Lipinski definition) is 5. The largest absolute Gasteiger partial charge is 0.511 e. The monoisotopic (exact) mass is 485 g/mol. The van der Waals surface area contributed by atoms with E-state index in [2.05, 4.69) is 9.97 Å². The van der Waals surface area contributed by atoms with Gasteiger partial charge in [-0.1, -0.05) is 25.0 Å². The highest BCUT2D eigenvalue weighted by Gasteiger charge is 2.51. The van der Waals surface area contributed by atoms with E-state index >= 15 is 4.39 Å². The molecule has 0 amide bonds. The van der Waals surface area contributed by atoms with Crippen LogP contribution in [-0.4, -0.2) is 40.8 Å². The summed E-state index contributed by atoms with van der Waals surface area (Å²) in [6.45, 7) is 2.47. The molecule has 33 heavy (non-hydrogen) atoms. The van der Waals surface area contributed by atoms with Crippen molar-refractivity contribution in [1.29, 1.82) is 5.26 Å². The van der Waals surface area contributed by atoms with E-state index in [0.29, 0.717) is 12.1 Å². The smallest absolute Gasteiger partial charge is 0.358 e. The van der Waals surface area contributed by atoms with Crippen LogP contribution in [0.25, 0.3) is 0 Å². The number of alkyl halides is 3. The lowest BCUT2D eigenvalue weighted by molar-refractivity contribution is -0.0491. The number of aromatic amines is 1. The SMILES string of the molecule is CCC/C(C)=C/C1CN(S(=O)(=O)C(F)(F)F)Cc2c(ccc(C#N)c2F)N1Cc1cnc[nH]1. The fourth-order valence-corrected chi connectivity index (χ4v) is 4.82. The van der Waals surface area contributed by atoms with Crippen molar-refractivity contribution < 1.29 is 26.0 Å². The van der Waals surface area contributed by atoms with Crippen LogP contribution in [0.4, 0.5) is 23.2 Å². The van der Waals surface area contributed by atoms with Crippen molar-refractivity contribution in [2.45, 2.75) is 51.3 Å². The topological polar surface area (TPSA) is 93.1 Å². The molecule has 1 N–H and O–H groups in total. The number of aromatic nitrogens is 2. The molecule has 1 unspecified atom stereocenters. The van der Waals surface area contributed by atoms with Crippen molar-refractivity contribution in [2.75, 3.05) is 11.4 Å². The van der Waals surface area contributed by atoms with E-state index in [4.69, 9.17) is 0 Å². The Kier molecular flexibility index (Phi) is 7.14. The minimum Gasteiger partial charge on any atom is -0.358 e. The molecular weight excluding hydrogens is 462 g/mol. The van der Waals surface area contributed by atoms with E-state index in [-0.39, 0.29) is 27.7 Å². The van der Waals surface area contributed by atoms with E-state index in [9.17, 15) is 26.9 Å². The van der Waals surface area contributed by atoms with Crippen LogP contribution >= 0.6 is 0 Å². The molecule has 0 aliphatic carbocycles. The summed E-state index contributed by atoms with van der Waals surface area (Å²) in [6, 6.07) is 3.51. The number of fused-ring (bicyclic) bond motifs is 1. The molecule has 1 aromatic carbocycles. The minimum atomic E-state index is -5.76. The molecule has 0 radical (unpaired) electrons. The Bertz CT molecular complexity index is 1170. The van der Waals surface area contributed by atoms with Gasteiger partial charge < -0.3 is 9.88 Å². The highest BCUT2D eigenvalue weighted by molar-refractivity contribution is 7.89. The van der Waals surface area contributed by atoms with Gasteiger partial charge in [0.15, 0.2) is 0 Å². The zero-order valence-electron chi connectivity index (χ0n) is 18.0. The van der Waals surface area contributed by atoms with Gasteiger partial charge in [-0.25, -0.2) is 17.8 Å². The van der Waals surface area contributed by atoms with Crippen LogP contribution in [-0.2, 0) is 23.1 Å². The summed E-state index contributed by atoms with van der Waals surface area (Å²) < 4.78 is 80.6. The second kappa shape index (κ2) is 9.52. The first kappa shape index (κ1) is 24.7. The molecule has 2 aromatic rings. The fraction of sp³-hybridized carbons (Fsp3) is 0.429. The van der Waals surface area contributed by atoms with Crippen LogP contribution in [0.3, 0.4) is 0 Å². The number of allylic oxidation sites excluding steroid dienone is 1. The lowest BCUT2D eigenvalue weighted by Gasteiger charge is -2.32. The number of H-pyrrole nitrogens is 1. The Morgan fingerprint density at radius 2 is 2.12 bits per heavy atom. The van der Waals surface area contributed by atoms with Gasteiger partial charge in [0, 0.05) is 30.5 Å². The predicted octanol–water partition coefficient (Wildman–Crippen LogP) is 4.21. The number of nitrogens with one attached hydrogen (secondary N) is 1. The van der Waals surface area contributed by atoms with Crippen molar-refractivity contribution in [1.82, 2.24) is 14.3 Å². The third kappa shape index (κ3) is 5.04. The summed E-state index contributed by atoms with van der Waals surface area (Å²) in [6.07, 6.45) is 6.12. The maximum Gasteiger partial charge on any atom is 0.511 e. The molecule has 1 atom stereocenters. The Hall–Kier alpha value is -2.91. The molecule has 1 aromatic heterocycles. The summed E-state index contributed by atoms with van der Waals surface area (Å²) in [5, 5.41) is 9.21. The molecule has 1 aliphatic heterocycles. The van der Waals surface area contributed by atoms with Crippen LogP contribution in [0.2, 0.25) is 0 Å². The zero-order chi connectivity index (χ0) is 24.4. The number of sulfonamides is 1. The summed E-state index contributed by atoms with van der Waals surface area (Å²) >= 11 is 0. The van der Waals surface area contributed by atoms with Gasteiger partial charge >= 0.3 is 15.5 Å². The summed E-state index contributed by atoms with van der Waals surface area (Å²) in [4.78, 5) is 8.49. The van der Waals surface area contributed by atoms with Gasteiger partial charge in [0.1, 0.15) is 11.9 Å². The van der Waals surface area contributed by atoms with Crippen LogP contribution in [0.15, 0.2) is 36.3 Å². The third-order valence-corrected chi connectivity index (χ3v) is 6.97. The van der Waals surface area contributed by atoms with Crippen molar-refractivity contribution in [3.63, 3.8) is 0 Å². The highest BCUT2D eigenvalue weighted by atomic mass is 32.2. The Balaban J connectivity index is 2.24. The van der Waals surface area contributed by atoms with E-state index in [1.807, 2.05) is 13.8 Å². The van der Waals surface area contributed by atoms with Crippen molar-refractivity contribution in [3.8, 4) is 6.07 Å². The van der Waals surface area contributed by atoms with Gasteiger partial charge in [0.25, 0.3) is 0 Å². The van der Waals surface area contributed by atoms with Crippen LogP contribution in [0.5, 0.6) is 0 Å². The third-order valence-electron chi connectivity index (χ3n) is 5.42. The zero-order valence-corrected chi connectivity index (χ0v) is 18.8. The Morgan fingerprint density at radius 1 is 1.39 bits per heavy atom. The van der Waals surface area contributed by atoms with Gasteiger partial charge in [0.2, 0.25) is 0 Å². The highest BCUT2D eigenvalue weighted by Crippen LogP contribution is 2.37. The standard InChI is InChI=1S/C21H23F4N5O2S/c1-3-4-14(2)7-17-11-29(33(31,32)21(23,24)25)12-18-19(6-5-15(8-26)20(18)22)30(17)10-16-9-27-13-28-16/h5-7,9,13,17H,3-4,10-12H2,1-2H3,(H,27,28)/b14-7+. The molecule has 0 saturated carbocycles. The lowest BCUT2D eigenvalue weighted by Crippen LogP contribution is -2.46. The van der Waals surface area contributed by atoms with Gasteiger partial charge in [-0.15, -0.1) is 0 Å². The quantitative estimate of drug-likeness (QED) is 0.489. The first-order valence-corrected chi connectivity index (χ1v) is 11.6. The number of rotatable bonds is 6. The maximum absolute atomic E-state index is 15.2. The minimum absolute atomic E-state index is 0.110. The predicted molar refractivity (Wildman–Crippen MR) is 114 cm³/mol. The summed E-state index contributed by atoms with van der Waals surface area (Å²) in [5.41, 5.74) is -4.54. The van der Waals surface area contributed by atoms with E-state index in [1.54, 1.807) is 17.0 Å². The van der Waals surface area contributed by atoms with Crippen LogP contribution in [0, 0.1) is 17.1 Å². The molecule has 3 rings (SSSR count). The number of imidazole rings is 1. The number of anilines is 1. The molecule has 178 valence electrons. The molecule has 0 fully saturated rings. The lowest BCUT2D eigenvalue weighted by atomic mass is 10.0. The molecule has 1 aliphatic rings. The molecule has 0 saturated heterocycles. The van der Waals surface area contributed by atoms with Crippen LogP contribution < -0.4 is 4.90 Å². The van der Waals surface area contributed by atoms with Gasteiger partial charge in [-0.3, -0.25) is 0 Å². The second-order valence-corrected chi connectivity index (χ2v) is 9.74. The second-order valence-electron chi connectivity index (χ2n) is 7.82. The molecule has 7 nitrogen and oxygen atoms in total. The average Bonchev–Trinajstić information content (AvgIpc) is 3.19. The summed E-state index contributed by atoms with van der Waals surface area (Å²) in [7, 11) is -5.76. The molecule has 0 bridgehead atoms. The number of hydrogen-bond donors (Lipinski definition) is 1. The number of nitriles is 1. The maximum atomic E-state index is 15.2. The van der Waals surface area contributed by atoms with Crippen molar-refractivity contribution >= 4 is 15.7 Å². The van der Waals surface area contributed by atoms with E-state index < -0.39 is 40.5 Å². The van der Waals surface area contributed by atoms with Gasteiger partial charge in [-0.2, -0.15) is 22.7 Å². The van der Waals surface area contributed by atoms with Crippen molar-refractivity contribution in [3.05, 3.63) is 58.9 Å².